The van der Waals surface area contributed by atoms with Crippen LogP contribution >= 0.6 is 11.6 Å². The predicted octanol–water partition coefficient (Wildman–Crippen LogP) is 2.98. The maximum absolute atomic E-state index is 13.1. The molecule has 110 valence electrons. The topological polar surface area (TPSA) is 38.1 Å². The molecule has 1 aliphatic heterocycles. The molecule has 21 heavy (non-hydrogen) atoms. The van der Waals surface area contributed by atoms with E-state index in [1.807, 2.05) is 16.9 Å². The Hall–Kier alpha value is -1.88. The number of amides is 1. The van der Waals surface area contributed by atoms with Crippen LogP contribution in [0.4, 0.5) is 4.39 Å². The number of likely N-dealkylation sites (tertiary alicyclic amines) is 1. The number of aromatic nitrogens is 2. The molecular weight excluding hydrogens is 293 g/mol. The minimum Gasteiger partial charge on any atom is -0.334 e. The van der Waals surface area contributed by atoms with Gasteiger partial charge in [0.1, 0.15) is 5.82 Å². The zero-order valence-corrected chi connectivity index (χ0v) is 12.1. The van der Waals surface area contributed by atoms with E-state index < -0.39 is 5.82 Å². The van der Waals surface area contributed by atoms with Crippen molar-refractivity contribution in [3.63, 3.8) is 0 Å². The first-order chi connectivity index (χ1) is 10.1. The van der Waals surface area contributed by atoms with Gasteiger partial charge in [-0.25, -0.2) is 4.39 Å². The van der Waals surface area contributed by atoms with Crippen molar-refractivity contribution in [1.82, 2.24) is 14.7 Å². The zero-order valence-electron chi connectivity index (χ0n) is 11.4. The van der Waals surface area contributed by atoms with Gasteiger partial charge in [-0.3, -0.25) is 9.48 Å². The molecule has 1 aromatic heterocycles. The SMILES string of the molecule is O=C(c1ccc(F)cc1Cl)N1CCC[C@@H]1Cn1cccn1. The highest BCUT2D eigenvalue weighted by Gasteiger charge is 2.30. The number of benzene rings is 1. The van der Waals surface area contributed by atoms with Crippen molar-refractivity contribution in [1.29, 1.82) is 0 Å². The molecule has 0 aliphatic carbocycles. The third-order valence-electron chi connectivity index (χ3n) is 3.76. The Balaban J connectivity index is 1.79. The van der Waals surface area contributed by atoms with Gasteiger partial charge in [0.05, 0.1) is 23.2 Å². The predicted molar refractivity (Wildman–Crippen MR) is 77.7 cm³/mol. The number of carbonyl (C=O) groups is 1. The normalized spacial score (nSPS) is 18.2. The van der Waals surface area contributed by atoms with Crippen molar-refractivity contribution in [2.45, 2.75) is 25.4 Å². The average Bonchev–Trinajstić information content (AvgIpc) is 3.10. The summed E-state index contributed by atoms with van der Waals surface area (Å²) in [4.78, 5) is 14.4. The van der Waals surface area contributed by atoms with Gasteiger partial charge in [0.15, 0.2) is 0 Å². The molecule has 6 heteroatoms. The van der Waals surface area contributed by atoms with Crippen LogP contribution in [0.15, 0.2) is 36.7 Å². The van der Waals surface area contributed by atoms with Crippen LogP contribution in [0, 0.1) is 5.82 Å². The molecule has 0 radical (unpaired) electrons. The summed E-state index contributed by atoms with van der Waals surface area (Å²) in [5.41, 5.74) is 0.352. The molecule has 0 saturated carbocycles. The summed E-state index contributed by atoms with van der Waals surface area (Å²) in [6.45, 7) is 1.36. The molecule has 3 rings (SSSR count). The third-order valence-corrected chi connectivity index (χ3v) is 4.07. The summed E-state index contributed by atoms with van der Waals surface area (Å²) >= 11 is 5.99. The molecule has 1 amide bonds. The molecule has 4 nitrogen and oxygen atoms in total. The fraction of sp³-hybridized carbons (Fsp3) is 0.333. The number of halogens is 2. The van der Waals surface area contributed by atoms with Gasteiger partial charge in [-0.15, -0.1) is 0 Å². The van der Waals surface area contributed by atoms with E-state index in [2.05, 4.69) is 5.10 Å². The van der Waals surface area contributed by atoms with Crippen LogP contribution in [0.2, 0.25) is 5.02 Å². The fourth-order valence-corrected chi connectivity index (χ4v) is 2.98. The fourth-order valence-electron chi connectivity index (χ4n) is 2.73. The van der Waals surface area contributed by atoms with Crippen LogP contribution < -0.4 is 0 Å². The van der Waals surface area contributed by atoms with Crippen LogP contribution in [-0.4, -0.2) is 33.2 Å². The van der Waals surface area contributed by atoms with Crippen LogP contribution in [-0.2, 0) is 6.54 Å². The van der Waals surface area contributed by atoms with Crippen molar-refractivity contribution in [2.75, 3.05) is 6.54 Å². The Morgan fingerprint density at radius 2 is 2.33 bits per heavy atom. The Bertz CT molecular complexity index is 644. The Morgan fingerprint density at radius 1 is 1.48 bits per heavy atom. The average molecular weight is 308 g/mol. The highest BCUT2D eigenvalue weighted by Crippen LogP contribution is 2.25. The van der Waals surface area contributed by atoms with E-state index in [-0.39, 0.29) is 17.0 Å². The smallest absolute Gasteiger partial charge is 0.255 e. The van der Waals surface area contributed by atoms with E-state index in [4.69, 9.17) is 11.6 Å². The molecule has 2 aromatic rings. The second-order valence-electron chi connectivity index (χ2n) is 5.15. The molecule has 1 aliphatic rings. The Labute approximate surface area is 127 Å². The van der Waals surface area contributed by atoms with Gasteiger partial charge in [-0.1, -0.05) is 11.6 Å². The van der Waals surface area contributed by atoms with Crippen molar-refractivity contribution in [3.05, 3.63) is 53.1 Å². The van der Waals surface area contributed by atoms with E-state index in [9.17, 15) is 9.18 Å². The standard InChI is InChI=1S/C15H15ClFN3O/c16-14-9-11(17)4-5-13(14)15(21)20-8-1-3-12(20)10-19-7-2-6-18-19/h2,4-7,9,12H,1,3,8,10H2/t12-/m1/s1. The van der Waals surface area contributed by atoms with Crippen LogP contribution in [0.1, 0.15) is 23.2 Å². The second kappa shape index (κ2) is 5.85. The van der Waals surface area contributed by atoms with Gasteiger partial charge >= 0.3 is 0 Å². The first kappa shape index (κ1) is 14.1. The maximum atomic E-state index is 13.1. The maximum Gasteiger partial charge on any atom is 0.255 e. The molecule has 0 unspecified atom stereocenters. The lowest BCUT2D eigenvalue weighted by molar-refractivity contribution is 0.0722. The molecule has 2 heterocycles. The summed E-state index contributed by atoms with van der Waals surface area (Å²) in [7, 11) is 0. The van der Waals surface area contributed by atoms with Gasteiger partial charge in [0.2, 0.25) is 0 Å². The lowest BCUT2D eigenvalue weighted by Crippen LogP contribution is -2.38. The number of nitrogens with zero attached hydrogens (tertiary/aromatic N) is 3. The summed E-state index contributed by atoms with van der Waals surface area (Å²) < 4.78 is 14.9. The number of hydrogen-bond acceptors (Lipinski definition) is 2. The van der Waals surface area contributed by atoms with Crippen molar-refractivity contribution >= 4 is 17.5 Å². The van der Waals surface area contributed by atoms with Gasteiger partial charge in [0, 0.05) is 18.9 Å². The quantitative estimate of drug-likeness (QED) is 0.874. The molecule has 0 spiro atoms. The second-order valence-corrected chi connectivity index (χ2v) is 5.55. The van der Waals surface area contributed by atoms with Crippen molar-refractivity contribution in [3.8, 4) is 0 Å². The first-order valence-corrected chi connectivity index (χ1v) is 7.26. The monoisotopic (exact) mass is 307 g/mol. The number of hydrogen-bond donors (Lipinski definition) is 0. The van der Waals surface area contributed by atoms with Crippen molar-refractivity contribution < 1.29 is 9.18 Å². The number of carbonyl (C=O) groups excluding carboxylic acids is 1. The number of rotatable bonds is 3. The van der Waals surface area contributed by atoms with Gasteiger partial charge in [0.25, 0.3) is 5.91 Å². The summed E-state index contributed by atoms with van der Waals surface area (Å²) in [5, 5.41) is 4.34. The molecule has 1 aromatic carbocycles. The lowest BCUT2D eigenvalue weighted by Gasteiger charge is -2.25. The highest BCUT2D eigenvalue weighted by molar-refractivity contribution is 6.33. The Kier molecular flexibility index (Phi) is 3.92. The molecule has 1 atom stereocenters. The van der Waals surface area contributed by atoms with Gasteiger partial charge in [-0.05, 0) is 37.1 Å². The molecule has 1 saturated heterocycles. The lowest BCUT2D eigenvalue weighted by atomic mass is 10.1. The molecular formula is C15H15ClFN3O. The van der Waals surface area contributed by atoms with Crippen molar-refractivity contribution in [2.24, 2.45) is 0 Å². The summed E-state index contributed by atoms with van der Waals surface area (Å²) in [6.07, 6.45) is 5.49. The van der Waals surface area contributed by atoms with Crippen LogP contribution in [0.3, 0.4) is 0 Å². The van der Waals surface area contributed by atoms with Crippen LogP contribution in [0.5, 0.6) is 0 Å². The van der Waals surface area contributed by atoms with Gasteiger partial charge < -0.3 is 4.90 Å². The molecule has 0 bridgehead atoms. The first-order valence-electron chi connectivity index (χ1n) is 6.88. The van der Waals surface area contributed by atoms with Gasteiger partial charge in [-0.2, -0.15) is 5.10 Å². The minimum atomic E-state index is -0.439. The van der Waals surface area contributed by atoms with Crippen LogP contribution in [0.25, 0.3) is 0 Å². The molecule has 1 fully saturated rings. The van der Waals surface area contributed by atoms with E-state index in [1.165, 1.54) is 18.2 Å². The van der Waals surface area contributed by atoms with E-state index in [0.717, 1.165) is 12.8 Å². The highest BCUT2D eigenvalue weighted by atomic mass is 35.5. The zero-order chi connectivity index (χ0) is 14.8. The molecule has 0 N–H and O–H groups in total. The largest absolute Gasteiger partial charge is 0.334 e. The summed E-state index contributed by atoms with van der Waals surface area (Å²) in [6, 6.07) is 5.84. The minimum absolute atomic E-state index is 0.0959. The Morgan fingerprint density at radius 3 is 3.05 bits per heavy atom. The third kappa shape index (κ3) is 2.93. The van der Waals surface area contributed by atoms with E-state index >= 15 is 0 Å². The van der Waals surface area contributed by atoms with E-state index in [1.54, 1.807) is 11.1 Å². The summed E-state index contributed by atoms with van der Waals surface area (Å²) in [5.74, 6) is -0.583. The van der Waals surface area contributed by atoms with E-state index in [0.29, 0.717) is 18.7 Å².